The van der Waals surface area contributed by atoms with Crippen molar-refractivity contribution in [1.29, 1.82) is 0 Å². The van der Waals surface area contributed by atoms with Gasteiger partial charge in [0.15, 0.2) is 0 Å². The third-order valence-electron chi connectivity index (χ3n) is 3.80. The molecule has 1 aliphatic carbocycles. The topological polar surface area (TPSA) is 55.1 Å². The molecule has 0 bridgehead atoms. The van der Waals surface area contributed by atoms with Crippen LogP contribution < -0.4 is 11.1 Å². The summed E-state index contributed by atoms with van der Waals surface area (Å²) in [7, 11) is 0. The molecule has 1 aliphatic rings. The third kappa shape index (κ3) is 2.85. The number of amides is 1. The summed E-state index contributed by atoms with van der Waals surface area (Å²) in [6.45, 7) is 4.06. The maximum absolute atomic E-state index is 12.2. The van der Waals surface area contributed by atoms with Crippen LogP contribution in [0.15, 0.2) is 18.2 Å². The number of carbonyl (C=O) groups is 1. The van der Waals surface area contributed by atoms with Gasteiger partial charge in [-0.05, 0) is 43.9 Å². The zero-order valence-electron chi connectivity index (χ0n) is 11.0. The van der Waals surface area contributed by atoms with E-state index in [2.05, 4.69) is 5.32 Å². The van der Waals surface area contributed by atoms with Crippen molar-refractivity contribution in [1.82, 2.24) is 0 Å². The van der Waals surface area contributed by atoms with E-state index in [1.54, 1.807) is 0 Å². The van der Waals surface area contributed by atoms with Crippen molar-refractivity contribution < 1.29 is 4.79 Å². The Morgan fingerprint density at radius 3 is 2.50 bits per heavy atom. The Labute approximate surface area is 115 Å². The molecule has 1 fully saturated rings. The first-order chi connectivity index (χ1) is 8.03. The van der Waals surface area contributed by atoms with E-state index >= 15 is 0 Å². The van der Waals surface area contributed by atoms with Crippen LogP contribution >= 0.6 is 12.4 Å². The van der Waals surface area contributed by atoms with Gasteiger partial charge in [0.1, 0.15) is 0 Å². The third-order valence-corrected chi connectivity index (χ3v) is 3.80. The summed E-state index contributed by atoms with van der Waals surface area (Å²) in [6.07, 6.45) is 3.70. The van der Waals surface area contributed by atoms with E-state index in [1.807, 2.05) is 32.0 Å². The van der Waals surface area contributed by atoms with Crippen molar-refractivity contribution in [2.75, 3.05) is 5.32 Å². The second-order valence-corrected chi connectivity index (χ2v) is 5.06. The molecule has 0 aliphatic heterocycles. The van der Waals surface area contributed by atoms with Crippen LogP contribution in [0.4, 0.5) is 5.69 Å². The molecule has 0 atom stereocenters. The van der Waals surface area contributed by atoms with Crippen molar-refractivity contribution in [3.8, 4) is 0 Å². The van der Waals surface area contributed by atoms with Crippen LogP contribution in [-0.2, 0) is 4.79 Å². The van der Waals surface area contributed by atoms with Crippen molar-refractivity contribution in [3.05, 3.63) is 29.3 Å². The van der Waals surface area contributed by atoms with Gasteiger partial charge < -0.3 is 11.1 Å². The number of aryl methyl sites for hydroxylation is 1. The number of benzene rings is 1. The SMILES string of the molecule is Cc1cccc(NC(=O)C2(N)CCCC2)c1C.Cl. The summed E-state index contributed by atoms with van der Waals surface area (Å²) < 4.78 is 0. The molecule has 0 spiro atoms. The molecule has 18 heavy (non-hydrogen) atoms. The first-order valence-electron chi connectivity index (χ1n) is 6.19. The molecule has 3 nitrogen and oxygen atoms in total. The van der Waals surface area contributed by atoms with E-state index in [-0.39, 0.29) is 18.3 Å². The Morgan fingerprint density at radius 1 is 1.28 bits per heavy atom. The van der Waals surface area contributed by atoms with Crippen LogP contribution in [0.5, 0.6) is 0 Å². The molecule has 0 radical (unpaired) electrons. The fourth-order valence-corrected chi connectivity index (χ4v) is 2.37. The predicted octanol–water partition coefficient (Wildman–Crippen LogP) is 2.94. The van der Waals surface area contributed by atoms with Crippen LogP contribution in [0.2, 0.25) is 0 Å². The molecule has 3 N–H and O–H groups in total. The highest BCUT2D eigenvalue weighted by molar-refractivity contribution is 5.98. The van der Waals surface area contributed by atoms with Gasteiger partial charge >= 0.3 is 0 Å². The Balaban J connectivity index is 0.00000162. The quantitative estimate of drug-likeness (QED) is 0.866. The van der Waals surface area contributed by atoms with Gasteiger partial charge in [-0.2, -0.15) is 0 Å². The highest BCUT2D eigenvalue weighted by Gasteiger charge is 2.37. The number of anilines is 1. The van der Waals surface area contributed by atoms with E-state index < -0.39 is 5.54 Å². The second kappa shape index (κ2) is 5.72. The van der Waals surface area contributed by atoms with Crippen LogP contribution in [0.25, 0.3) is 0 Å². The number of nitrogens with one attached hydrogen (secondary N) is 1. The Hall–Kier alpha value is -1.06. The molecule has 1 amide bonds. The van der Waals surface area contributed by atoms with Crippen LogP contribution in [0.1, 0.15) is 36.8 Å². The molecule has 4 heteroatoms. The predicted molar refractivity (Wildman–Crippen MR) is 77.2 cm³/mol. The Morgan fingerprint density at radius 2 is 1.89 bits per heavy atom. The number of hydrogen-bond donors (Lipinski definition) is 2. The van der Waals surface area contributed by atoms with Gasteiger partial charge in [0.25, 0.3) is 0 Å². The van der Waals surface area contributed by atoms with E-state index in [9.17, 15) is 4.79 Å². The summed E-state index contributed by atoms with van der Waals surface area (Å²) in [5, 5.41) is 2.97. The lowest BCUT2D eigenvalue weighted by atomic mass is 9.97. The summed E-state index contributed by atoms with van der Waals surface area (Å²) in [6, 6.07) is 5.92. The van der Waals surface area contributed by atoms with Gasteiger partial charge in [0.05, 0.1) is 5.54 Å². The van der Waals surface area contributed by atoms with E-state index in [0.717, 1.165) is 36.9 Å². The van der Waals surface area contributed by atoms with Crippen molar-refractivity contribution in [2.45, 2.75) is 45.1 Å². The number of rotatable bonds is 2. The molecule has 0 saturated heterocycles. The first-order valence-corrected chi connectivity index (χ1v) is 6.19. The minimum absolute atomic E-state index is 0. The molecule has 0 unspecified atom stereocenters. The second-order valence-electron chi connectivity index (χ2n) is 5.06. The van der Waals surface area contributed by atoms with Gasteiger partial charge in [-0.1, -0.05) is 25.0 Å². The minimum Gasteiger partial charge on any atom is -0.324 e. The monoisotopic (exact) mass is 268 g/mol. The molecule has 100 valence electrons. The van der Waals surface area contributed by atoms with Gasteiger partial charge in [0.2, 0.25) is 5.91 Å². The van der Waals surface area contributed by atoms with Crippen molar-refractivity contribution in [3.63, 3.8) is 0 Å². The molecule has 2 rings (SSSR count). The maximum atomic E-state index is 12.2. The molecular weight excluding hydrogens is 248 g/mol. The molecule has 1 aromatic rings. The Bertz CT molecular complexity index is 439. The van der Waals surface area contributed by atoms with E-state index in [1.165, 1.54) is 5.56 Å². The standard InChI is InChI=1S/C14H20N2O.ClH/c1-10-6-5-7-12(11(10)2)16-13(17)14(15)8-3-4-9-14;/h5-7H,3-4,8-9,15H2,1-2H3,(H,16,17);1H. The number of hydrogen-bond acceptors (Lipinski definition) is 2. The van der Waals surface area contributed by atoms with Gasteiger partial charge in [-0.3, -0.25) is 4.79 Å². The van der Waals surface area contributed by atoms with Gasteiger partial charge in [0, 0.05) is 5.69 Å². The Kier molecular flexibility index (Phi) is 4.77. The lowest BCUT2D eigenvalue weighted by Crippen LogP contribution is -2.48. The van der Waals surface area contributed by atoms with Gasteiger partial charge in [-0.25, -0.2) is 0 Å². The number of halogens is 1. The molecular formula is C14H21ClN2O. The van der Waals surface area contributed by atoms with Crippen molar-refractivity contribution >= 4 is 24.0 Å². The smallest absolute Gasteiger partial charge is 0.244 e. The summed E-state index contributed by atoms with van der Waals surface area (Å²) in [5.41, 5.74) is 8.65. The van der Waals surface area contributed by atoms with Gasteiger partial charge in [-0.15, -0.1) is 12.4 Å². The fourth-order valence-electron chi connectivity index (χ4n) is 2.37. The average Bonchev–Trinajstić information content (AvgIpc) is 2.73. The molecule has 0 heterocycles. The van der Waals surface area contributed by atoms with Crippen LogP contribution in [0, 0.1) is 13.8 Å². The van der Waals surface area contributed by atoms with E-state index in [0.29, 0.717) is 0 Å². The van der Waals surface area contributed by atoms with E-state index in [4.69, 9.17) is 5.73 Å². The lowest BCUT2D eigenvalue weighted by molar-refractivity contribution is -0.121. The molecule has 1 aromatic carbocycles. The average molecular weight is 269 g/mol. The maximum Gasteiger partial charge on any atom is 0.244 e. The van der Waals surface area contributed by atoms with Crippen LogP contribution in [-0.4, -0.2) is 11.4 Å². The highest BCUT2D eigenvalue weighted by atomic mass is 35.5. The lowest BCUT2D eigenvalue weighted by Gasteiger charge is -2.23. The summed E-state index contributed by atoms with van der Waals surface area (Å²) in [4.78, 5) is 12.2. The normalized spacial score (nSPS) is 17.1. The minimum atomic E-state index is -0.657. The molecule has 0 aromatic heterocycles. The molecule has 1 saturated carbocycles. The highest BCUT2D eigenvalue weighted by Crippen LogP contribution is 2.29. The van der Waals surface area contributed by atoms with Crippen molar-refractivity contribution in [2.24, 2.45) is 5.73 Å². The number of carbonyl (C=O) groups excluding carboxylic acids is 1. The first kappa shape index (κ1) is 15.0. The zero-order valence-corrected chi connectivity index (χ0v) is 11.8. The number of nitrogens with two attached hydrogens (primary N) is 1. The summed E-state index contributed by atoms with van der Waals surface area (Å²) >= 11 is 0. The zero-order chi connectivity index (χ0) is 12.5. The summed E-state index contributed by atoms with van der Waals surface area (Å²) in [5.74, 6) is -0.0382. The fraction of sp³-hybridized carbons (Fsp3) is 0.500. The largest absolute Gasteiger partial charge is 0.324 e. The van der Waals surface area contributed by atoms with Crippen LogP contribution in [0.3, 0.4) is 0 Å².